The lowest BCUT2D eigenvalue weighted by atomic mass is 10.0. The summed E-state index contributed by atoms with van der Waals surface area (Å²) in [5.74, 6) is -0.245. The van der Waals surface area contributed by atoms with E-state index in [1.54, 1.807) is 24.8 Å². The average molecular weight is 397 g/mol. The SMILES string of the molecule is CC(C)Oc1ccc(N2C(=S)N(c3ccc(C#N)c(F)c3)C(=O)C2(C)C)cc1. The number of halogens is 1. The van der Waals surface area contributed by atoms with Gasteiger partial charge in [-0.2, -0.15) is 5.26 Å². The molecule has 0 saturated carbocycles. The zero-order chi connectivity index (χ0) is 20.6. The van der Waals surface area contributed by atoms with Crippen molar-refractivity contribution in [3.05, 3.63) is 53.8 Å². The third-order valence-electron chi connectivity index (χ3n) is 4.47. The van der Waals surface area contributed by atoms with Gasteiger partial charge in [0.25, 0.3) is 5.91 Å². The van der Waals surface area contributed by atoms with Crippen LogP contribution < -0.4 is 14.5 Å². The van der Waals surface area contributed by atoms with Crippen LogP contribution in [0, 0.1) is 17.1 Å². The van der Waals surface area contributed by atoms with Crippen molar-refractivity contribution >= 4 is 34.6 Å². The number of ether oxygens (including phenoxy) is 1. The zero-order valence-corrected chi connectivity index (χ0v) is 16.9. The number of anilines is 2. The highest BCUT2D eigenvalue weighted by Crippen LogP contribution is 2.37. The van der Waals surface area contributed by atoms with Gasteiger partial charge in [-0.15, -0.1) is 0 Å². The number of amides is 1. The van der Waals surface area contributed by atoms with E-state index in [0.29, 0.717) is 5.69 Å². The van der Waals surface area contributed by atoms with Crippen molar-refractivity contribution in [3.8, 4) is 11.8 Å². The molecule has 2 aromatic carbocycles. The number of carbonyl (C=O) groups is 1. The predicted octanol–water partition coefficient (Wildman–Crippen LogP) is 4.40. The molecule has 1 saturated heterocycles. The van der Waals surface area contributed by atoms with E-state index in [1.165, 1.54) is 17.0 Å². The number of thiocarbonyl (C=S) groups is 1. The molecule has 28 heavy (non-hydrogen) atoms. The Morgan fingerprint density at radius 1 is 1.14 bits per heavy atom. The molecular formula is C21H20FN3O2S. The Balaban J connectivity index is 1.98. The first-order chi connectivity index (χ1) is 13.2. The van der Waals surface area contributed by atoms with Crippen molar-refractivity contribution in [3.63, 3.8) is 0 Å². The molecule has 2 aromatic rings. The second-order valence-electron chi connectivity index (χ2n) is 7.25. The van der Waals surface area contributed by atoms with Crippen LogP contribution in [0.25, 0.3) is 0 Å². The summed E-state index contributed by atoms with van der Waals surface area (Å²) >= 11 is 5.57. The first-order valence-corrected chi connectivity index (χ1v) is 9.22. The zero-order valence-electron chi connectivity index (χ0n) is 16.1. The van der Waals surface area contributed by atoms with Crippen molar-refractivity contribution in [2.75, 3.05) is 9.80 Å². The predicted molar refractivity (Wildman–Crippen MR) is 110 cm³/mol. The van der Waals surface area contributed by atoms with E-state index in [2.05, 4.69) is 0 Å². The molecule has 0 N–H and O–H groups in total. The molecule has 0 spiro atoms. The average Bonchev–Trinajstić information content (AvgIpc) is 2.80. The second kappa shape index (κ2) is 7.21. The van der Waals surface area contributed by atoms with Crippen LogP contribution in [0.4, 0.5) is 15.8 Å². The summed E-state index contributed by atoms with van der Waals surface area (Å²) in [6, 6.07) is 13.1. The first-order valence-electron chi connectivity index (χ1n) is 8.82. The maximum atomic E-state index is 14.1. The molecule has 7 heteroatoms. The standard InChI is InChI=1S/C21H20FN3O2S/c1-13(2)27-17-9-7-15(8-10-17)25-20(28)24(19(26)21(25,3)4)16-6-5-14(12-23)18(22)11-16/h5-11,13H,1-4H3. The van der Waals surface area contributed by atoms with Gasteiger partial charge >= 0.3 is 0 Å². The second-order valence-corrected chi connectivity index (χ2v) is 7.62. The lowest BCUT2D eigenvalue weighted by molar-refractivity contribution is -0.120. The topological polar surface area (TPSA) is 56.6 Å². The fourth-order valence-corrected chi connectivity index (χ4v) is 3.66. The Bertz CT molecular complexity index is 980. The van der Waals surface area contributed by atoms with Gasteiger partial charge in [0.2, 0.25) is 0 Å². The molecule has 1 heterocycles. The minimum Gasteiger partial charge on any atom is -0.491 e. The Labute approximate surface area is 168 Å². The van der Waals surface area contributed by atoms with Crippen molar-refractivity contribution in [1.29, 1.82) is 5.26 Å². The number of nitriles is 1. The number of rotatable bonds is 4. The van der Waals surface area contributed by atoms with Crippen LogP contribution in [0.2, 0.25) is 0 Å². The quantitative estimate of drug-likeness (QED) is 0.716. The summed E-state index contributed by atoms with van der Waals surface area (Å²) in [6.07, 6.45) is 0.0542. The number of hydrogen-bond donors (Lipinski definition) is 0. The van der Waals surface area contributed by atoms with E-state index in [-0.39, 0.29) is 22.7 Å². The highest BCUT2D eigenvalue weighted by atomic mass is 32.1. The van der Waals surface area contributed by atoms with Gasteiger partial charge in [-0.25, -0.2) is 4.39 Å². The third-order valence-corrected chi connectivity index (χ3v) is 4.83. The van der Waals surface area contributed by atoms with Crippen molar-refractivity contribution < 1.29 is 13.9 Å². The molecule has 1 fully saturated rings. The van der Waals surface area contributed by atoms with Gasteiger partial charge in [0.05, 0.1) is 17.4 Å². The molecule has 1 aliphatic heterocycles. The smallest absolute Gasteiger partial charge is 0.259 e. The maximum absolute atomic E-state index is 14.1. The van der Waals surface area contributed by atoms with Crippen LogP contribution in [0.3, 0.4) is 0 Å². The summed E-state index contributed by atoms with van der Waals surface area (Å²) in [7, 11) is 0. The van der Waals surface area contributed by atoms with Crippen molar-refractivity contribution in [2.45, 2.75) is 39.3 Å². The molecule has 5 nitrogen and oxygen atoms in total. The molecule has 0 aliphatic carbocycles. The van der Waals surface area contributed by atoms with E-state index >= 15 is 0 Å². The van der Waals surface area contributed by atoms with Crippen molar-refractivity contribution in [1.82, 2.24) is 0 Å². The van der Waals surface area contributed by atoms with Crippen LogP contribution in [-0.2, 0) is 4.79 Å². The summed E-state index contributed by atoms with van der Waals surface area (Å²) < 4.78 is 19.7. The van der Waals surface area contributed by atoms with Crippen LogP contribution in [-0.4, -0.2) is 22.7 Å². The fourth-order valence-electron chi connectivity index (χ4n) is 3.14. The molecule has 1 aliphatic rings. The molecule has 3 rings (SSSR count). The number of hydrogen-bond acceptors (Lipinski definition) is 4. The van der Waals surface area contributed by atoms with E-state index < -0.39 is 11.4 Å². The third kappa shape index (κ3) is 3.32. The number of nitrogens with zero attached hydrogens (tertiary/aromatic N) is 3. The lowest BCUT2D eigenvalue weighted by Crippen LogP contribution is -2.44. The maximum Gasteiger partial charge on any atom is 0.259 e. The van der Waals surface area contributed by atoms with Crippen LogP contribution in [0.5, 0.6) is 5.75 Å². The normalized spacial score (nSPS) is 15.9. The first kappa shape index (κ1) is 19.8. The molecule has 0 bridgehead atoms. The Kier molecular flexibility index (Phi) is 5.09. The molecule has 144 valence electrons. The Morgan fingerprint density at radius 3 is 2.29 bits per heavy atom. The molecule has 0 aromatic heterocycles. The molecule has 0 atom stereocenters. The van der Waals surface area contributed by atoms with E-state index in [9.17, 15) is 9.18 Å². The summed E-state index contributed by atoms with van der Waals surface area (Å²) in [4.78, 5) is 16.1. The summed E-state index contributed by atoms with van der Waals surface area (Å²) in [5.41, 5.74) is -0.0157. The lowest BCUT2D eigenvalue weighted by Gasteiger charge is -2.29. The van der Waals surface area contributed by atoms with Gasteiger partial charge in [-0.3, -0.25) is 9.69 Å². The van der Waals surface area contributed by atoms with Gasteiger partial charge in [0.15, 0.2) is 5.11 Å². The molecule has 0 unspecified atom stereocenters. The fraction of sp³-hybridized carbons (Fsp3) is 0.286. The van der Waals surface area contributed by atoms with Gasteiger partial charge in [-0.05, 0) is 82.4 Å². The molecular weight excluding hydrogens is 377 g/mol. The summed E-state index contributed by atoms with van der Waals surface area (Å²) in [6.45, 7) is 7.42. The van der Waals surface area contributed by atoms with Crippen LogP contribution in [0.1, 0.15) is 33.3 Å². The largest absolute Gasteiger partial charge is 0.491 e. The van der Waals surface area contributed by atoms with E-state index in [4.69, 9.17) is 22.2 Å². The van der Waals surface area contributed by atoms with E-state index in [1.807, 2.05) is 38.1 Å². The van der Waals surface area contributed by atoms with Crippen molar-refractivity contribution in [2.24, 2.45) is 0 Å². The van der Waals surface area contributed by atoms with Gasteiger partial charge in [-0.1, -0.05) is 0 Å². The summed E-state index contributed by atoms with van der Waals surface area (Å²) in [5, 5.41) is 9.16. The van der Waals surface area contributed by atoms with Crippen LogP contribution in [0.15, 0.2) is 42.5 Å². The highest BCUT2D eigenvalue weighted by Gasteiger charge is 2.50. The molecule has 1 amide bonds. The van der Waals surface area contributed by atoms with E-state index in [0.717, 1.165) is 17.5 Å². The monoisotopic (exact) mass is 397 g/mol. The highest BCUT2D eigenvalue weighted by molar-refractivity contribution is 7.81. The Hall–Kier alpha value is -2.98. The number of carbonyl (C=O) groups excluding carboxylic acids is 1. The van der Waals surface area contributed by atoms with Gasteiger partial charge < -0.3 is 9.64 Å². The van der Waals surface area contributed by atoms with Crippen LogP contribution >= 0.6 is 12.2 Å². The van der Waals surface area contributed by atoms with Gasteiger partial charge in [0.1, 0.15) is 23.2 Å². The van der Waals surface area contributed by atoms with Gasteiger partial charge in [0, 0.05) is 5.69 Å². The number of benzene rings is 2. The minimum absolute atomic E-state index is 0.0542. The Morgan fingerprint density at radius 2 is 1.75 bits per heavy atom. The minimum atomic E-state index is -0.956. The molecule has 0 radical (unpaired) electrons.